The van der Waals surface area contributed by atoms with Crippen molar-refractivity contribution in [2.24, 2.45) is 0 Å². The van der Waals surface area contributed by atoms with Gasteiger partial charge in [-0.2, -0.15) is 0 Å². The first-order valence-electron chi connectivity index (χ1n) is 9.95. The summed E-state index contributed by atoms with van der Waals surface area (Å²) in [4.78, 5) is 18.9. The van der Waals surface area contributed by atoms with Gasteiger partial charge in [0.05, 0.1) is 12.1 Å². The van der Waals surface area contributed by atoms with Gasteiger partial charge in [-0.3, -0.25) is 4.79 Å². The number of hydrogen-bond acceptors (Lipinski definition) is 5. The molecule has 0 unspecified atom stereocenters. The van der Waals surface area contributed by atoms with Crippen molar-refractivity contribution < 1.29 is 19.0 Å². The van der Waals surface area contributed by atoms with Gasteiger partial charge in [0.25, 0.3) is 0 Å². The van der Waals surface area contributed by atoms with Crippen molar-refractivity contribution >= 4 is 28.4 Å². The molecule has 0 fully saturated rings. The molecule has 3 aromatic rings. The third-order valence-electron chi connectivity index (χ3n) is 4.95. The summed E-state index contributed by atoms with van der Waals surface area (Å²) in [5, 5.41) is 1.32. The zero-order valence-electron chi connectivity index (χ0n) is 17.0. The maximum atomic E-state index is 12.7. The highest BCUT2D eigenvalue weighted by molar-refractivity contribution is 6.30. The third-order valence-corrected chi connectivity index (χ3v) is 5.28. The summed E-state index contributed by atoms with van der Waals surface area (Å²) in [6.07, 6.45) is 0.400. The smallest absolute Gasteiger partial charge is 0.231 e. The molecule has 0 bridgehead atoms. The first-order chi connectivity index (χ1) is 14.6. The van der Waals surface area contributed by atoms with E-state index in [-0.39, 0.29) is 12.7 Å². The number of carbonyl (C=O) groups excluding carboxylic acids is 1. The van der Waals surface area contributed by atoms with Crippen LogP contribution in [0.2, 0.25) is 5.15 Å². The number of ether oxygens (including phenoxy) is 3. The maximum Gasteiger partial charge on any atom is 0.231 e. The van der Waals surface area contributed by atoms with E-state index in [1.54, 1.807) is 4.90 Å². The van der Waals surface area contributed by atoms with E-state index in [4.69, 9.17) is 25.8 Å². The van der Waals surface area contributed by atoms with Crippen LogP contribution in [0.15, 0.2) is 42.5 Å². The lowest BCUT2D eigenvalue weighted by molar-refractivity contribution is -0.132. The molecule has 2 heterocycles. The Bertz CT molecular complexity index is 1090. The van der Waals surface area contributed by atoms with Crippen molar-refractivity contribution in [1.29, 1.82) is 0 Å². The summed E-state index contributed by atoms with van der Waals surface area (Å²) in [6, 6.07) is 13.4. The Hall–Kier alpha value is -2.99. The Balaban J connectivity index is 1.61. The van der Waals surface area contributed by atoms with Crippen LogP contribution in [-0.2, 0) is 17.9 Å². The Labute approximate surface area is 180 Å². The molecule has 156 valence electrons. The number of aromatic nitrogens is 1. The number of amides is 1. The van der Waals surface area contributed by atoms with Crippen LogP contribution in [0.3, 0.4) is 0 Å². The van der Waals surface area contributed by atoms with Gasteiger partial charge in [-0.15, -0.1) is 0 Å². The molecule has 2 aromatic carbocycles. The molecule has 1 aliphatic heterocycles. The molecule has 0 atom stereocenters. The molecule has 0 spiro atoms. The second-order valence-corrected chi connectivity index (χ2v) is 7.37. The van der Waals surface area contributed by atoms with E-state index in [2.05, 4.69) is 4.98 Å². The molecule has 7 heteroatoms. The Morgan fingerprint density at radius 2 is 1.93 bits per heavy atom. The minimum absolute atomic E-state index is 0.0342. The fourth-order valence-electron chi connectivity index (χ4n) is 3.46. The van der Waals surface area contributed by atoms with E-state index in [1.165, 1.54) is 0 Å². The van der Waals surface area contributed by atoms with E-state index < -0.39 is 0 Å². The minimum atomic E-state index is 0.0342. The summed E-state index contributed by atoms with van der Waals surface area (Å²) in [6.45, 7) is 5.41. The fraction of sp³-hybridized carbons (Fsp3) is 0.304. The molecule has 4 rings (SSSR count). The van der Waals surface area contributed by atoms with Gasteiger partial charge in [-0.05, 0) is 48.9 Å². The largest absolute Gasteiger partial charge is 0.494 e. The molecule has 1 amide bonds. The first-order valence-corrected chi connectivity index (χ1v) is 10.3. The van der Waals surface area contributed by atoms with Gasteiger partial charge >= 0.3 is 0 Å². The molecule has 30 heavy (non-hydrogen) atoms. The lowest BCUT2D eigenvalue weighted by Gasteiger charge is -2.23. The quantitative estimate of drug-likeness (QED) is 0.500. The molecule has 0 N–H and O–H groups in total. The van der Waals surface area contributed by atoms with Gasteiger partial charge in [0.2, 0.25) is 12.7 Å². The number of pyridine rings is 1. The van der Waals surface area contributed by atoms with Crippen molar-refractivity contribution in [2.75, 3.05) is 13.4 Å². The molecule has 0 aliphatic carbocycles. The average molecular weight is 427 g/mol. The number of halogens is 1. The molecule has 1 aliphatic rings. The molecular formula is C23H23ClN2O4. The lowest BCUT2D eigenvalue weighted by atomic mass is 10.1. The van der Waals surface area contributed by atoms with Crippen LogP contribution in [0.1, 0.15) is 31.4 Å². The monoisotopic (exact) mass is 426 g/mol. The number of benzene rings is 2. The number of carbonyl (C=O) groups is 1. The second kappa shape index (κ2) is 8.79. The number of nitrogens with zero attached hydrogens (tertiary/aromatic N) is 2. The Kier molecular flexibility index (Phi) is 5.95. The second-order valence-electron chi connectivity index (χ2n) is 7.02. The molecular weight excluding hydrogens is 404 g/mol. The maximum absolute atomic E-state index is 12.7. The highest BCUT2D eigenvalue weighted by Crippen LogP contribution is 2.33. The van der Waals surface area contributed by atoms with Gasteiger partial charge in [-0.25, -0.2) is 4.98 Å². The minimum Gasteiger partial charge on any atom is -0.494 e. The Morgan fingerprint density at radius 3 is 2.73 bits per heavy atom. The predicted octanol–water partition coefficient (Wildman–Crippen LogP) is 4.95. The van der Waals surface area contributed by atoms with E-state index in [9.17, 15) is 4.79 Å². The van der Waals surface area contributed by atoms with Crippen molar-refractivity contribution in [3.05, 3.63) is 58.7 Å². The van der Waals surface area contributed by atoms with Crippen molar-refractivity contribution in [3.63, 3.8) is 0 Å². The number of fused-ring (bicyclic) bond motifs is 2. The standard InChI is InChI=1S/C23H23ClN2O4/c1-3-22(27)26(12-15-5-8-20-21(9-15)30-14-29-20)13-17-10-16-11-18(28-4-2)6-7-19(16)25-23(17)24/h5-11H,3-4,12-14H2,1-2H3. The van der Waals surface area contributed by atoms with E-state index in [0.717, 1.165) is 33.5 Å². The molecule has 6 nitrogen and oxygen atoms in total. The normalized spacial score (nSPS) is 12.2. The summed E-state index contributed by atoms with van der Waals surface area (Å²) in [7, 11) is 0. The average Bonchev–Trinajstić information content (AvgIpc) is 3.21. The Morgan fingerprint density at radius 1 is 1.10 bits per heavy atom. The number of hydrogen-bond donors (Lipinski definition) is 0. The van der Waals surface area contributed by atoms with Crippen LogP contribution in [-0.4, -0.2) is 29.2 Å². The van der Waals surface area contributed by atoms with Crippen molar-refractivity contribution in [1.82, 2.24) is 9.88 Å². The fourth-order valence-corrected chi connectivity index (χ4v) is 3.67. The van der Waals surface area contributed by atoms with Crippen LogP contribution in [0.25, 0.3) is 10.9 Å². The molecule has 0 saturated carbocycles. The molecule has 0 radical (unpaired) electrons. The zero-order chi connectivity index (χ0) is 21.1. The first kappa shape index (κ1) is 20.3. The highest BCUT2D eigenvalue weighted by Gasteiger charge is 2.18. The zero-order valence-corrected chi connectivity index (χ0v) is 17.7. The van der Waals surface area contributed by atoms with E-state index >= 15 is 0 Å². The lowest BCUT2D eigenvalue weighted by Crippen LogP contribution is -2.29. The van der Waals surface area contributed by atoms with Crippen LogP contribution in [0.5, 0.6) is 17.2 Å². The summed E-state index contributed by atoms with van der Waals surface area (Å²) in [5.74, 6) is 2.23. The van der Waals surface area contributed by atoms with Crippen LogP contribution in [0, 0.1) is 0 Å². The van der Waals surface area contributed by atoms with Gasteiger partial charge in [0, 0.05) is 30.5 Å². The van der Waals surface area contributed by atoms with Gasteiger partial charge in [-0.1, -0.05) is 24.6 Å². The van der Waals surface area contributed by atoms with Crippen LogP contribution < -0.4 is 14.2 Å². The van der Waals surface area contributed by atoms with Crippen LogP contribution in [0.4, 0.5) is 0 Å². The summed E-state index contributed by atoms with van der Waals surface area (Å²) in [5.41, 5.74) is 2.54. The van der Waals surface area contributed by atoms with E-state index in [0.29, 0.717) is 37.0 Å². The third kappa shape index (κ3) is 4.28. The van der Waals surface area contributed by atoms with Gasteiger partial charge in [0.1, 0.15) is 10.9 Å². The summed E-state index contributed by atoms with van der Waals surface area (Å²) < 4.78 is 16.4. The summed E-state index contributed by atoms with van der Waals surface area (Å²) >= 11 is 6.46. The van der Waals surface area contributed by atoms with Gasteiger partial charge in [0.15, 0.2) is 11.5 Å². The number of rotatable bonds is 7. The highest BCUT2D eigenvalue weighted by atomic mass is 35.5. The van der Waals surface area contributed by atoms with Crippen molar-refractivity contribution in [2.45, 2.75) is 33.4 Å². The molecule has 1 aromatic heterocycles. The van der Waals surface area contributed by atoms with Gasteiger partial charge < -0.3 is 19.1 Å². The van der Waals surface area contributed by atoms with Crippen LogP contribution >= 0.6 is 11.6 Å². The molecule has 0 saturated heterocycles. The van der Waals surface area contributed by atoms with E-state index in [1.807, 2.05) is 56.3 Å². The van der Waals surface area contributed by atoms with Crippen molar-refractivity contribution in [3.8, 4) is 17.2 Å². The topological polar surface area (TPSA) is 60.9 Å². The predicted molar refractivity (Wildman–Crippen MR) is 115 cm³/mol. The SMILES string of the molecule is CCOc1ccc2nc(Cl)c(CN(Cc3ccc4c(c3)OCO4)C(=O)CC)cc2c1.